The second-order valence-corrected chi connectivity index (χ2v) is 5.86. The largest absolute Gasteiger partial charge is 0.480 e. The van der Waals surface area contributed by atoms with Crippen LogP contribution in [0.5, 0.6) is 0 Å². The number of hydrogen-bond donors (Lipinski definition) is 2. The predicted octanol–water partition coefficient (Wildman–Crippen LogP) is 0.899. The maximum Gasteiger partial charge on any atom is 0.326 e. The van der Waals surface area contributed by atoms with Gasteiger partial charge in [0.05, 0.1) is 0 Å². The molecule has 0 unspecified atom stereocenters. The number of rotatable bonds is 6. The standard InChI is InChI=1S/C15H21N5O3/c1-8(2)13(14(22)23)19-12(21)6-5-11-9(3)18-15-16-7-17-20(15)10(11)4/h7-8,13H,5-6H2,1-4H3,(H,19,21)(H,22,23)/t13-/m1/s1. The number of aryl methyl sites for hydroxylation is 2. The summed E-state index contributed by atoms with van der Waals surface area (Å²) in [6, 6.07) is -0.874. The van der Waals surface area contributed by atoms with Gasteiger partial charge in [-0.15, -0.1) is 0 Å². The molecule has 0 bridgehead atoms. The van der Waals surface area contributed by atoms with E-state index in [1.807, 2.05) is 13.8 Å². The summed E-state index contributed by atoms with van der Waals surface area (Å²) in [5.41, 5.74) is 2.61. The molecule has 0 fully saturated rings. The number of hydrogen-bond acceptors (Lipinski definition) is 5. The molecule has 124 valence electrons. The van der Waals surface area contributed by atoms with E-state index in [0.29, 0.717) is 12.2 Å². The molecule has 1 atom stereocenters. The maximum atomic E-state index is 12.0. The zero-order valence-electron chi connectivity index (χ0n) is 13.7. The molecule has 2 N–H and O–H groups in total. The Morgan fingerprint density at radius 3 is 2.65 bits per heavy atom. The number of aromatic nitrogens is 4. The average Bonchev–Trinajstić information content (AvgIpc) is 2.92. The number of nitrogens with zero attached hydrogens (tertiary/aromatic N) is 4. The molecule has 0 saturated heterocycles. The van der Waals surface area contributed by atoms with E-state index in [2.05, 4.69) is 20.4 Å². The maximum absolute atomic E-state index is 12.0. The van der Waals surface area contributed by atoms with Crippen LogP contribution in [0.2, 0.25) is 0 Å². The minimum atomic E-state index is -1.02. The highest BCUT2D eigenvalue weighted by Gasteiger charge is 2.23. The summed E-state index contributed by atoms with van der Waals surface area (Å²) in [6.07, 6.45) is 2.10. The highest BCUT2D eigenvalue weighted by Crippen LogP contribution is 2.15. The van der Waals surface area contributed by atoms with Gasteiger partial charge in [-0.25, -0.2) is 14.3 Å². The van der Waals surface area contributed by atoms with Gasteiger partial charge in [-0.2, -0.15) is 10.1 Å². The van der Waals surface area contributed by atoms with E-state index in [-0.39, 0.29) is 18.2 Å². The number of nitrogens with one attached hydrogen (secondary N) is 1. The van der Waals surface area contributed by atoms with Crippen LogP contribution < -0.4 is 5.32 Å². The third-order valence-corrected chi connectivity index (χ3v) is 3.84. The van der Waals surface area contributed by atoms with Crippen LogP contribution in [-0.2, 0) is 16.0 Å². The number of fused-ring (bicyclic) bond motifs is 1. The lowest BCUT2D eigenvalue weighted by Gasteiger charge is -2.18. The van der Waals surface area contributed by atoms with Gasteiger partial charge in [0.1, 0.15) is 12.4 Å². The Labute approximate surface area is 133 Å². The highest BCUT2D eigenvalue weighted by atomic mass is 16.4. The van der Waals surface area contributed by atoms with E-state index in [1.165, 1.54) is 6.33 Å². The van der Waals surface area contributed by atoms with Crippen molar-refractivity contribution in [2.24, 2.45) is 5.92 Å². The Morgan fingerprint density at radius 1 is 1.35 bits per heavy atom. The van der Waals surface area contributed by atoms with E-state index in [1.54, 1.807) is 18.4 Å². The molecular formula is C15H21N5O3. The lowest BCUT2D eigenvalue weighted by Crippen LogP contribution is -2.44. The number of amides is 1. The van der Waals surface area contributed by atoms with Gasteiger partial charge in [-0.3, -0.25) is 4.79 Å². The molecule has 8 heteroatoms. The summed E-state index contributed by atoms with van der Waals surface area (Å²) in [5.74, 6) is -0.956. The molecule has 0 aromatic carbocycles. The van der Waals surface area contributed by atoms with E-state index >= 15 is 0 Å². The number of carboxylic acid groups (broad SMARTS) is 1. The Kier molecular flexibility index (Phi) is 4.92. The smallest absolute Gasteiger partial charge is 0.326 e. The van der Waals surface area contributed by atoms with Crippen molar-refractivity contribution in [2.45, 2.75) is 46.6 Å². The molecule has 2 rings (SSSR count). The van der Waals surface area contributed by atoms with Gasteiger partial charge in [-0.1, -0.05) is 13.8 Å². The topological polar surface area (TPSA) is 109 Å². The van der Waals surface area contributed by atoms with Crippen molar-refractivity contribution in [1.82, 2.24) is 24.9 Å². The lowest BCUT2D eigenvalue weighted by molar-refractivity contribution is -0.143. The van der Waals surface area contributed by atoms with Crippen molar-refractivity contribution in [3.63, 3.8) is 0 Å². The molecule has 1 amide bonds. The minimum absolute atomic E-state index is 0.173. The van der Waals surface area contributed by atoms with Crippen molar-refractivity contribution < 1.29 is 14.7 Å². The zero-order valence-corrected chi connectivity index (χ0v) is 13.7. The Morgan fingerprint density at radius 2 is 2.04 bits per heavy atom. The summed E-state index contributed by atoms with van der Waals surface area (Å²) >= 11 is 0. The summed E-state index contributed by atoms with van der Waals surface area (Å²) < 4.78 is 1.63. The first-order valence-electron chi connectivity index (χ1n) is 7.49. The molecule has 0 spiro atoms. The highest BCUT2D eigenvalue weighted by molar-refractivity contribution is 5.83. The first-order valence-corrected chi connectivity index (χ1v) is 7.49. The quantitative estimate of drug-likeness (QED) is 0.818. The van der Waals surface area contributed by atoms with Crippen LogP contribution in [0.4, 0.5) is 0 Å². The van der Waals surface area contributed by atoms with Crippen molar-refractivity contribution in [1.29, 1.82) is 0 Å². The van der Waals surface area contributed by atoms with Crippen molar-refractivity contribution in [3.8, 4) is 0 Å². The fraction of sp³-hybridized carbons (Fsp3) is 0.533. The van der Waals surface area contributed by atoms with Gasteiger partial charge in [0.15, 0.2) is 0 Å². The lowest BCUT2D eigenvalue weighted by atomic mass is 10.0. The summed E-state index contributed by atoms with van der Waals surface area (Å²) in [7, 11) is 0. The van der Waals surface area contributed by atoms with Crippen LogP contribution in [0.15, 0.2) is 6.33 Å². The monoisotopic (exact) mass is 319 g/mol. The van der Waals surface area contributed by atoms with E-state index in [0.717, 1.165) is 17.0 Å². The Bertz CT molecular complexity index is 738. The molecule has 2 aromatic rings. The van der Waals surface area contributed by atoms with E-state index < -0.39 is 12.0 Å². The SMILES string of the molecule is Cc1nc2ncnn2c(C)c1CCC(=O)N[C@@H](C(=O)O)C(C)C. The van der Waals surface area contributed by atoms with Crippen LogP contribution in [0, 0.1) is 19.8 Å². The van der Waals surface area contributed by atoms with Gasteiger partial charge >= 0.3 is 5.97 Å². The third-order valence-electron chi connectivity index (χ3n) is 3.84. The first kappa shape index (κ1) is 16.9. The summed E-state index contributed by atoms with van der Waals surface area (Å²) in [5, 5.41) is 15.8. The third kappa shape index (κ3) is 3.64. The van der Waals surface area contributed by atoms with Crippen LogP contribution in [0.25, 0.3) is 5.78 Å². The van der Waals surface area contributed by atoms with Crippen LogP contribution in [-0.4, -0.2) is 42.6 Å². The Balaban J connectivity index is 2.09. The average molecular weight is 319 g/mol. The second-order valence-electron chi connectivity index (χ2n) is 5.86. The van der Waals surface area contributed by atoms with E-state index in [4.69, 9.17) is 5.11 Å². The molecule has 0 aliphatic heterocycles. The number of carboxylic acids is 1. The number of aliphatic carboxylic acids is 1. The fourth-order valence-electron chi connectivity index (χ4n) is 2.51. The van der Waals surface area contributed by atoms with E-state index in [9.17, 15) is 9.59 Å². The molecule has 0 radical (unpaired) electrons. The molecule has 2 aromatic heterocycles. The van der Waals surface area contributed by atoms with Crippen LogP contribution in [0.3, 0.4) is 0 Å². The molecule has 8 nitrogen and oxygen atoms in total. The molecular weight excluding hydrogens is 298 g/mol. The Hall–Kier alpha value is -2.51. The van der Waals surface area contributed by atoms with Crippen molar-refractivity contribution in [2.75, 3.05) is 0 Å². The van der Waals surface area contributed by atoms with Gasteiger partial charge in [0, 0.05) is 17.8 Å². The number of carbonyl (C=O) groups excluding carboxylic acids is 1. The van der Waals surface area contributed by atoms with Crippen LogP contribution >= 0.6 is 0 Å². The molecule has 0 aliphatic carbocycles. The first-order chi connectivity index (χ1) is 10.8. The minimum Gasteiger partial charge on any atom is -0.480 e. The molecule has 23 heavy (non-hydrogen) atoms. The number of carbonyl (C=O) groups is 2. The van der Waals surface area contributed by atoms with Gasteiger partial charge < -0.3 is 10.4 Å². The van der Waals surface area contributed by atoms with Crippen molar-refractivity contribution in [3.05, 3.63) is 23.3 Å². The van der Waals surface area contributed by atoms with Gasteiger partial charge in [-0.05, 0) is 31.7 Å². The fourth-order valence-corrected chi connectivity index (χ4v) is 2.51. The summed E-state index contributed by atoms with van der Waals surface area (Å²) in [4.78, 5) is 31.6. The van der Waals surface area contributed by atoms with Crippen LogP contribution in [0.1, 0.15) is 37.2 Å². The molecule has 0 saturated carbocycles. The van der Waals surface area contributed by atoms with Gasteiger partial charge in [0.2, 0.25) is 5.91 Å². The van der Waals surface area contributed by atoms with Gasteiger partial charge in [0.25, 0.3) is 5.78 Å². The normalized spacial score (nSPS) is 12.6. The zero-order chi connectivity index (χ0) is 17.1. The second kappa shape index (κ2) is 6.72. The molecule has 2 heterocycles. The summed E-state index contributed by atoms with van der Waals surface area (Å²) in [6.45, 7) is 7.28. The van der Waals surface area contributed by atoms with Crippen molar-refractivity contribution >= 4 is 17.7 Å². The predicted molar refractivity (Wildman–Crippen MR) is 83.0 cm³/mol. The molecule has 0 aliphatic rings.